The van der Waals surface area contributed by atoms with Gasteiger partial charge in [0.05, 0.1) is 25.6 Å². The average molecular weight is 447 g/mol. The molecule has 1 fully saturated rings. The van der Waals surface area contributed by atoms with E-state index in [1.807, 2.05) is 11.0 Å². The van der Waals surface area contributed by atoms with Crippen molar-refractivity contribution >= 4 is 5.91 Å². The lowest BCUT2D eigenvalue weighted by Gasteiger charge is -2.34. The number of para-hydroxylation sites is 1. The van der Waals surface area contributed by atoms with Gasteiger partial charge in [-0.2, -0.15) is 5.10 Å². The third-order valence-corrected chi connectivity index (χ3v) is 6.65. The van der Waals surface area contributed by atoms with Crippen molar-refractivity contribution in [3.05, 3.63) is 71.0 Å². The van der Waals surface area contributed by atoms with E-state index in [4.69, 9.17) is 14.6 Å². The molecule has 0 saturated carbocycles. The van der Waals surface area contributed by atoms with Crippen LogP contribution < -0.4 is 9.47 Å². The van der Waals surface area contributed by atoms with Gasteiger partial charge in [-0.15, -0.1) is 0 Å². The van der Waals surface area contributed by atoms with Gasteiger partial charge in [0.25, 0.3) is 5.91 Å². The minimum Gasteiger partial charge on any atom is -0.497 e. The van der Waals surface area contributed by atoms with Gasteiger partial charge in [-0.25, -0.2) is 4.68 Å². The first-order valence-electron chi connectivity index (χ1n) is 11.6. The van der Waals surface area contributed by atoms with E-state index in [1.165, 1.54) is 23.4 Å². The molecule has 1 aliphatic heterocycles. The molecule has 1 amide bonds. The van der Waals surface area contributed by atoms with E-state index >= 15 is 0 Å². The maximum absolute atomic E-state index is 13.1. The number of aromatic nitrogens is 2. The van der Waals surface area contributed by atoms with Crippen molar-refractivity contribution in [2.75, 3.05) is 40.4 Å². The number of nitrogens with zero attached hydrogens (tertiary/aromatic N) is 4. The molecule has 0 spiro atoms. The molecule has 2 aromatic carbocycles. The number of amides is 1. The summed E-state index contributed by atoms with van der Waals surface area (Å²) >= 11 is 0. The monoisotopic (exact) mass is 446 g/mol. The molecule has 0 N–H and O–H groups in total. The van der Waals surface area contributed by atoms with Crippen LogP contribution in [0.15, 0.2) is 48.5 Å². The summed E-state index contributed by atoms with van der Waals surface area (Å²) in [7, 11) is 3.19. The van der Waals surface area contributed by atoms with Crippen LogP contribution >= 0.6 is 0 Å². The maximum atomic E-state index is 13.1. The minimum atomic E-state index is 0.0149. The third-order valence-electron chi connectivity index (χ3n) is 6.65. The van der Waals surface area contributed by atoms with Crippen molar-refractivity contribution in [3.8, 4) is 17.2 Å². The van der Waals surface area contributed by atoms with Gasteiger partial charge < -0.3 is 14.4 Å². The van der Waals surface area contributed by atoms with Crippen LogP contribution in [0.5, 0.6) is 11.5 Å². The second-order valence-corrected chi connectivity index (χ2v) is 8.64. The number of hydrogen-bond donors (Lipinski definition) is 0. The largest absolute Gasteiger partial charge is 0.497 e. The Hall–Kier alpha value is -3.32. The van der Waals surface area contributed by atoms with Crippen LogP contribution in [0.3, 0.4) is 0 Å². The van der Waals surface area contributed by atoms with Gasteiger partial charge >= 0.3 is 0 Å². The Kier molecular flexibility index (Phi) is 6.05. The van der Waals surface area contributed by atoms with E-state index in [9.17, 15) is 4.79 Å². The first-order chi connectivity index (χ1) is 16.2. The zero-order valence-corrected chi connectivity index (χ0v) is 19.3. The minimum absolute atomic E-state index is 0.0149. The molecule has 172 valence electrons. The van der Waals surface area contributed by atoms with Crippen molar-refractivity contribution in [2.24, 2.45) is 0 Å². The average Bonchev–Trinajstić information content (AvgIpc) is 3.48. The Morgan fingerprint density at radius 2 is 1.64 bits per heavy atom. The van der Waals surface area contributed by atoms with Crippen LogP contribution in [0.1, 0.15) is 33.7 Å². The Labute approximate surface area is 194 Å². The molecule has 3 aromatic rings. The fourth-order valence-corrected chi connectivity index (χ4v) is 4.86. The zero-order valence-electron chi connectivity index (χ0n) is 19.3. The summed E-state index contributed by atoms with van der Waals surface area (Å²) in [6.07, 6.45) is 3.39. The summed E-state index contributed by atoms with van der Waals surface area (Å²) in [5, 5.41) is 5.00. The van der Waals surface area contributed by atoms with E-state index in [1.54, 1.807) is 32.4 Å². The molecule has 0 atom stereocenters. The number of carbonyl (C=O) groups is 1. The highest BCUT2D eigenvalue weighted by molar-refractivity contribution is 5.95. The summed E-state index contributed by atoms with van der Waals surface area (Å²) in [6.45, 7) is 3.89. The van der Waals surface area contributed by atoms with Crippen LogP contribution in [0, 0.1) is 0 Å². The number of methoxy groups -OCH3 is 2. The lowest BCUT2D eigenvalue weighted by atomic mass is 10.1. The first kappa shape index (κ1) is 21.5. The molecule has 0 unspecified atom stereocenters. The molecular weight excluding hydrogens is 416 g/mol. The summed E-state index contributed by atoms with van der Waals surface area (Å²) in [6, 6.07) is 15.7. The highest BCUT2D eigenvalue weighted by Crippen LogP contribution is 2.29. The summed E-state index contributed by atoms with van der Waals surface area (Å²) in [5.74, 6) is 1.26. The number of rotatable bonds is 6. The Balaban J connectivity index is 1.26. The van der Waals surface area contributed by atoms with E-state index in [-0.39, 0.29) is 5.91 Å². The number of hydrogen-bond acceptors (Lipinski definition) is 5. The normalized spacial score (nSPS) is 16.0. The molecule has 7 nitrogen and oxygen atoms in total. The molecule has 1 aromatic heterocycles. The quantitative estimate of drug-likeness (QED) is 0.581. The van der Waals surface area contributed by atoms with Crippen molar-refractivity contribution < 1.29 is 14.3 Å². The predicted molar refractivity (Wildman–Crippen MR) is 126 cm³/mol. The van der Waals surface area contributed by atoms with Gasteiger partial charge in [-0.1, -0.05) is 18.2 Å². The van der Waals surface area contributed by atoms with Crippen LogP contribution in [0.25, 0.3) is 5.69 Å². The Bertz CT molecular complexity index is 1110. The molecule has 7 heteroatoms. The van der Waals surface area contributed by atoms with Gasteiger partial charge in [-0.3, -0.25) is 9.69 Å². The fraction of sp³-hybridized carbons (Fsp3) is 0.385. The van der Waals surface area contributed by atoms with Crippen molar-refractivity contribution in [2.45, 2.75) is 25.8 Å². The van der Waals surface area contributed by atoms with Crippen LogP contribution in [0.2, 0.25) is 0 Å². The Morgan fingerprint density at radius 1 is 0.939 bits per heavy atom. The van der Waals surface area contributed by atoms with Crippen molar-refractivity contribution in [3.63, 3.8) is 0 Å². The lowest BCUT2D eigenvalue weighted by molar-refractivity contribution is 0.0626. The molecule has 0 radical (unpaired) electrons. The second kappa shape index (κ2) is 9.27. The molecule has 1 aliphatic carbocycles. The summed E-state index contributed by atoms with van der Waals surface area (Å²) < 4.78 is 12.8. The van der Waals surface area contributed by atoms with Crippen LogP contribution in [-0.2, 0) is 19.4 Å². The second-order valence-electron chi connectivity index (χ2n) is 8.64. The predicted octanol–water partition coefficient (Wildman–Crippen LogP) is 3.34. The fourth-order valence-electron chi connectivity index (χ4n) is 4.86. The van der Waals surface area contributed by atoms with E-state index < -0.39 is 0 Å². The van der Waals surface area contributed by atoms with Gasteiger partial charge in [0.2, 0.25) is 0 Å². The highest BCUT2D eigenvalue weighted by Gasteiger charge is 2.27. The van der Waals surface area contributed by atoms with Crippen molar-refractivity contribution in [1.29, 1.82) is 0 Å². The molecule has 2 aliphatic rings. The van der Waals surface area contributed by atoms with E-state index in [2.05, 4.69) is 33.8 Å². The molecular formula is C26H30N4O3. The standard InChI is InChI=1S/C26H30N4O3/c1-32-21-15-19(16-22(17-21)33-2)26(31)29-13-11-28(12-14-29)18-24-23-9-6-10-25(23)30(27-24)20-7-4-3-5-8-20/h3-5,7-8,15-17H,6,9-14,18H2,1-2H3. The first-order valence-corrected chi connectivity index (χ1v) is 11.6. The number of carbonyl (C=O) groups excluding carboxylic acids is 1. The van der Waals surface area contributed by atoms with Gasteiger partial charge in [0.15, 0.2) is 0 Å². The number of benzene rings is 2. The summed E-state index contributed by atoms with van der Waals surface area (Å²) in [5.41, 5.74) is 5.69. The van der Waals surface area contributed by atoms with Gasteiger partial charge in [0, 0.05) is 50.0 Å². The zero-order chi connectivity index (χ0) is 22.8. The van der Waals surface area contributed by atoms with Crippen LogP contribution in [-0.4, -0.2) is 65.9 Å². The smallest absolute Gasteiger partial charge is 0.254 e. The Morgan fingerprint density at radius 3 is 2.30 bits per heavy atom. The summed E-state index contributed by atoms with van der Waals surface area (Å²) in [4.78, 5) is 17.4. The highest BCUT2D eigenvalue weighted by atomic mass is 16.5. The molecule has 2 heterocycles. The van der Waals surface area contributed by atoms with Crippen LogP contribution in [0.4, 0.5) is 0 Å². The molecule has 0 bridgehead atoms. The molecule has 33 heavy (non-hydrogen) atoms. The topological polar surface area (TPSA) is 59.8 Å². The number of piperazine rings is 1. The number of ether oxygens (including phenoxy) is 2. The van der Waals surface area contributed by atoms with E-state index in [0.717, 1.165) is 38.2 Å². The van der Waals surface area contributed by atoms with Gasteiger partial charge in [-0.05, 0) is 49.1 Å². The third kappa shape index (κ3) is 4.33. The maximum Gasteiger partial charge on any atom is 0.254 e. The SMILES string of the molecule is COc1cc(OC)cc(C(=O)N2CCN(Cc3nn(-c4ccccc4)c4c3CCC4)CC2)c1. The molecule has 1 saturated heterocycles. The van der Waals surface area contributed by atoms with Crippen molar-refractivity contribution in [1.82, 2.24) is 19.6 Å². The lowest BCUT2D eigenvalue weighted by Crippen LogP contribution is -2.48. The van der Waals surface area contributed by atoms with Gasteiger partial charge in [0.1, 0.15) is 11.5 Å². The van der Waals surface area contributed by atoms with E-state index in [0.29, 0.717) is 30.2 Å². The molecule has 5 rings (SSSR count). The number of fused-ring (bicyclic) bond motifs is 1.